The molecule has 4 aliphatic rings. The number of alkyl halides is 1. The third kappa shape index (κ3) is 6.30. The summed E-state index contributed by atoms with van der Waals surface area (Å²) < 4.78 is 28.9. The van der Waals surface area contributed by atoms with Crippen molar-refractivity contribution in [2.75, 3.05) is 19.8 Å². The molecule has 16 heteroatoms. The van der Waals surface area contributed by atoms with Gasteiger partial charge < -0.3 is 14.6 Å². The number of allylic oxidation sites excluding steroid dienone is 4. The lowest BCUT2D eigenvalue weighted by molar-refractivity contribution is -0.492. The summed E-state index contributed by atoms with van der Waals surface area (Å²) in [5, 5.41) is 45.4. The molecule has 0 saturated heterocycles. The Morgan fingerprint density at radius 2 is 1.61 bits per heavy atom. The number of esters is 2. The fourth-order valence-electron chi connectivity index (χ4n) is 8.68. The highest BCUT2D eigenvalue weighted by Crippen LogP contribution is 2.71. The number of ether oxygens (including phenoxy) is 2. The molecule has 0 bridgehead atoms. The number of ketones is 2. The summed E-state index contributed by atoms with van der Waals surface area (Å²) in [7, 11) is 0. The molecule has 3 fully saturated rings. The minimum atomic E-state index is -2.19. The third-order valence-electron chi connectivity index (χ3n) is 10.7. The van der Waals surface area contributed by atoms with Gasteiger partial charge in [0, 0.05) is 35.5 Å². The van der Waals surface area contributed by atoms with Gasteiger partial charge in [0.05, 0.1) is 30.1 Å². The minimum Gasteiger partial charge on any atom is -0.457 e. The van der Waals surface area contributed by atoms with E-state index in [-0.39, 0.29) is 63.9 Å². The topological polar surface area (TPSA) is 213 Å². The Labute approximate surface area is 264 Å². The van der Waals surface area contributed by atoms with Crippen molar-refractivity contribution in [3.05, 3.63) is 23.8 Å². The van der Waals surface area contributed by atoms with Crippen molar-refractivity contribution in [1.29, 1.82) is 0 Å². The quantitative estimate of drug-likeness (QED) is 0.103. The molecule has 0 heterocycles. The highest BCUT2D eigenvalue weighted by Gasteiger charge is 2.77. The standard InChI is InChI=1S/C30H43FN2O13/c1-18-14-22-21-9-8-19-15-20(34)10-11-27(19,2)29(21,31)23(35)16-28(22,3)30(18,46-26(38)7-5-13-45-33(41)42)24(36)17-43-25(37)6-4-12-44-32(39)40/h10-11,15,18,21-23,35,39-42H,4-9,12-14,16-17H2,1-3H3/t18-,21?,22?,23-,27-,28-,29-,30-/m0/s1. The number of Topliss-reactive ketones (excluding diaryl/α,β-unsaturated/α-hetero) is 1. The van der Waals surface area contributed by atoms with Crippen LogP contribution in [0.1, 0.15) is 72.1 Å². The van der Waals surface area contributed by atoms with Gasteiger partial charge in [-0.1, -0.05) is 25.5 Å². The highest BCUT2D eigenvalue weighted by atomic mass is 19.1. The number of nitrogens with zero attached hydrogens (tertiary/aromatic N) is 2. The normalized spacial score (nSPS) is 36.6. The van der Waals surface area contributed by atoms with Crippen LogP contribution >= 0.6 is 0 Å². The van der Waals surface area contributed by atoms with E-state index in [9.17, 15) is 24.3 Å². The molecule has 4 rings (SSSR count). The molecule has 258 valence electrons. The average molecular weight is 659 g/mol. The van der Waals surface area contributed by atoms with Crippen LogP contribution in [-0.4, -0.2) is 97.4 Å². The third-order valence-corrected chi connectivity index (χ3v) is 10.7. The first kappa shape index (κ1) is 36.2. The lowest BCUT2D eigenvalue weighted by Crippen LogP contribution is -2.70. The number of hydrogen-bond donors (Lipinski definition) is 5. The maximum atomic E-state index is 17.6. The van der Waals surface area contributed by atoms with E-state index < -0.39 is 81.1 Å². The van der Waals surface area contributed by atoms with Gasteiger partial charge in [-0.15, -0.1) is 0 Å². The van der Waals surface area contributed by atoms with Gasteiger partial charge in [-0.25, -0.2) is 4.39 Å². The van der Waals surface area contributed by atoms with Crippen LogP contribution in [0, 0.1) is 28.6 Å². The maximum absolute atomic E-state index is 17.6. The number of fused-ring (bicyclic) bond motifs is 5. The lowest BCUT2D eigenvalue weighted by atomic mass is 9.44. The number of rotatable bonds is 14. The molecule has 8 atom stereocenters. The molecule has 0 aromatic heterocycles. The molecular formula is C30H43FN2O13. The molecule has 0 aromatic rings. The fraction of sp³-hybridized carbons (Fsp3) is 0.733. The summed E-state index contributed by atoms with van der Waals surface area (Å²) in [5.41, 5.74) is -6.08. The van der Waals surface area contributed by atoms with E-state index in [0.717, 1.165) is 0 Å². The van der Waals surface area contributed by atoms with Gasteiger partial charge in [0.25, 0.3) is 0 Å². The van der Waals surface area contributed by atoms with Crippen LogP contribution in [-0.2, 0) is 38.3 Å². The summed E-state index contributed by atoms with van der Waals surface area (Å²) in [5.74, 6) is -4.62. The molecule has 0 amide bonds. The van der Waals surface area contributed by atoms with Crippen molar-refractivity contribution >= 4 is 23.5 Å². The monoisotopic (exact) mass is 658 g/mol. The van der Waals surface area contributed by atoms with Crippen LogP contribution in [0.15, 0.2) is 23.8 Å². The van der Waals surface area contributed by atoms with E-state index in [0.29, 0.717) is 12.0 Å². The van der Waals surface area contributed by atoms with E-state index in [1.54, 1.807) is 20.8 Å². The van der Waals surface area contributed by atoms with E-state index in [1.165, 1.54) is 18.2 Å². The van der Waals surface area contributed by atoms with E-state index >= 15 is 4.39 Å². The molecule has 46 heavy (non-hydrogen) atoms. The smallest absolute Gasteiger partial charge is 0.306 e. The predicted molar refractivity (Wildman–Crippen MR) is 149 cm³/mol. The molecule has 0 radical (unpaired) electrons. The van der Waals surface area contributed by atoms with Gasteiger partial charge in [0.2, 0.25) is 5.78 Å². The minimum absolute atomic E-state index is 0.0111. The number of hydrogen-bond acceptors (Lipinski definition) is 15. The van der Waals surface area contributed by atoms with Crippen molar-refractivity contribution in [3.63, 3.8) is 0 Å². The second-order valence-electron chi connectivity index (χ2n) is 13.1. The zero-order valence-electron chi connectivity index (χ0n) is 26.1. The molecule has 2 unspecified atom stereocenters. The van der Waals surface area contributed by atoms with Crippen molar-refractivity contribution in [1.82, 2.24) is 10.8 Å². The number of carbonyl (C=O) groups excluding carboxylic acids is 4. The van der Waals surface area contributed by atoms with E-state index in [4.69, 9.17) is 30.3 Å². The van der Waals surface area contributed by atoms with Crippen molar-refractivity contribution < 1.29 is 68.7 Å². The lowest BCUT2D eigenvalue weighted by Gasteiger charge is -2.62. The summed E-state index contributed by atoms with van der Waals surface area (Å²) in [6.07, 6.45) is 2.81. The number of aliphatic hydroxyl groups is 1. The Balaban J connectivity index is 1.63. The van der Waals surface area contributed by atoms with Crippen LogP contribution < -0.4 is 0 Å². The van der Waals surface area contributed by atoms with Crippen LogP contribution in [0.5, 0.6) is 0 Å². The summed E-state index contributed by atoms with van der Waals surface area (Å²) in [4.78, 5) is 60.9. The van der Waals surface area contributed by atoms with E-state index in [2.05, 4.69) is 9.68 Å². The van der Waals surface area contributed by atoms with Gasteiger partial charge in [-0.05, 0) is 63.5 Å². The van der Waals surface area contributed by atoms with Crippen molar-refractivity contribution in [2.45, 2.75) is 89.5 Å². The molecule has 0 aliphatic heterocycles. The van der Waals surface area contributed by atoms with Gasteiger partial charge >= 0.3 is 11.9 Å². The molecule has 4 aliphatic carbocycles. The van der Waals surface area contributed by atoms with Crippen LogP contribution in [0.25, 0.3) is 0 Å². The van der Waals surface area contributed by atoms with Gasteiger partial charge in [0.1, 0.15) is 0 Å². The van der Waals surface area contributed by atoms with Crippen LogP contribution in [0.2, 0.25) is 0 Å². The zero-order chi connectivity index (χ0) is 34.1. The number of aliphatic hydroxyl groups excluding tert-OH is 1. The Kier molecular flexibility index (Phi) is 10.9. The molecular weight excluding hydrogens is 615 g/mol. The van der Waals surface area contributed by atoms with Crippen LogP contribution in [0.4, 0.5) is 4.39 Å². The number of carbonyl (C=O) groups is 4. The Bertz CT molecular complexity index is 1260. The maximum Gasteiger partial charge on any atom is 0.306 e. The van der Waals surface area contributed by atoms with Gasteiger partial charge in [-0.2, -0.15) is 0 Å². The average Bonchev–Trinajstić information content (AvgIpc) is 3.19. The first-order valence-electron chi connectivity index (χ1n) is 15.4. The molecule has 15 nitrogen and oxygen atoms in total. The summed E-state index contributed by atoms with van der Waals surface area (Å²) in [6.45, 7) is 3.78. The Hall–Kier alpha value is -2.67. The molecule has 5 N–H and O–H groups in total. The van der Waals surface area contributed by atoms with Crippen molar-refractivity contribution in [2.24, 2.45) is 28.6 Å². The predicted octanol–water partition coefficient (Wildman–Crippen LogP) is 2.58. The fourth-order valence-corrected chi connectivity index (χ4v) is 8.68. The second-order valence-corrected chi connectivity index (χ2v) is 13.1. The van der Waals surface area contributed by atoms with Crippen LogP contribution in [0.3, 0.4) is 0 Å². The number of halogens is 1. The second kappa shape index (κ2) is 13.8. The SMILES string of the molecule is C[C@H]1CC2C3CCC4=CC(=O)C=C[C@]4(C)[C@@]3(F)[C@@H](O)C[C@]2(C)[C@@]1(OC(=O)CCCON(O)O)C(=O)COC(=O)CCCON(O)O. The molecule has 0 spiro atoms. The Morgan fingerprint density at radius 1 is 1.00 bits per heavy atom. The van der Waals surface area contributed by atoms with Crippen molar-refractivity contribution in [3.8, 4) is 0 Å². The van der Waals surface area contributed by atoms with Gasteiger partial charge in [-0.3, -0.25) is 49.7 Å². The summed E-state index contributed by atoms with van der Waals surface area (Å²) in [6, 6.07) is 0. The van der Waals surface area contributed by atoms with E-state index in [1.807, 2.05) is 0 Å². The Morgan fingerprint density at radius 3 is 2.22 bits per heavy atom. The first-order chi connectivity index (χ1) is 21.5. The molecule has 0 aromatic carbocycles. The first-order valence-corrected chi connectivity index (χ1v) is 15.4. The zero-order valence-corrected chi connectivity index (χ0v) is 26.1. The largest absolute Gasteiger partial charge is 0.457 e. The summed E-state index contributed by atoms with van der Waals surface area (Å²) >= 11 is 0. The van der Waals surface area contributed by atoms with Gasteiger partial charge in [0.15, 0.2) is 23.7 Å². The molecule has 3 saturated carbocycles. The highest BCUT2D eigenvalue weighted by molar-refractivity contribution is 6.01.